The molecule has 2 atom stereocenters. The molecular formula is C30H45O3P. The maximum Gasteiger partial charge on any atom is 0.333 e. The van der Waals surface area contributed by atoms with E-state index in [9.17, 15) is 0 Å². The molecule has 0 N–H and O–H groups in total. The van der Waals surface area contributed by atoms with Crippen molar-refractivity contribution < 1.29 is 13.6 Å². The van der Waals surface area contributed by atoms with Gasteiger partial charge in [0.25, 0.3) is 0 Å². The van der Waals surface area contributed by atoms with Crippen molar-refractivity contribution in [1.82, 2.24) is 0 Å². The summed E-state index contributed by atoms with van der Waals surface area (Å²) >= 11 is 0. The molecule has 0 bridgehead atoms. The van der Waals surface area contributed by atoms with Crippen molar-refractivity contribution in [3.63, 3.8) is 0 Å². The zero-order chi connectivity index (χ0) is 24.5. The van der Waals surface area contributed by atoms with E-state index in [0.717, 1.165) is 32.1 Å². The Balaban J connectivity index is 2.30. The van der Waals surface area contributed by atoms with Gasteiger partial charge in [0, 0.05) is 7.11 Å². The maximum absolute atomic E-state index is 6.24. The molecule has 1 heterocycles. The Bertz CT molecular complexity index is 924. The Morgan fingerprint density at radius 1 is 0.794 bits per heavy atom. The molecule has 3 nitrogen and oxygen atoms in total. The smallest absolute Gasteiger partial charge is 0.316 e. The third kappa shape index (κ3) is 6.70. The van der Waals surface area contributed by atoms with Gasteiger partial charge in [-0.1, -0.05) is 78.1 Å². The summed E-state index contributed by atoms with van der Waals surface area (Å²) in [7, 11) is 0.325. The van der Waals surface area contributed by atoms with E-state index in [1.54, 1.807) is 7.11 Å². The molecule has 0 saturated carbocycles. The fourth-order valence-corrected chi connectivity index (χ4v) is 5.64. The summed E-state index contributed by atoms with van der Waals surface area (Å²) in [6.45, 7) is 12.5. The van der Waals surface area contributed by atoms with E-state index in [1.807, 2.05) is 0 Å². The van der Waals surface area contributed by atoms with Crippen LogP contribution in [0, 0.1) is 0 Å². The highest BCUT2D eigenvalue weighted by Gasteiger charge is 2.24. The summed E-state index contributed by atoms with van der Waals surface area (Å²) in [5.74, 6) is 0.536. The normalized spacial score (nSPS) is 16.8. The Kier molecular flexibility index (Phi) is 11.0. The summed E-state index contributed by atoms with van der Waals surface area (Å²) in [5, 5.41) is 0. The number of aryl methyl sites for hydroxylation is 3. The molecule has 1 aliphatic heterocycles. The molecule has 0 aliphatic carbocycles. The van der Waals surface area contributed by atoms with Crippen molar-refractivity contribution in [3.8, 4) is 11.1 Å². The highest BCUT2D eigenvalue weighted by Crippen LogP contribution is 2.46. The predicted octanol–water partition coefficient (Wildman–Crippen LogP) is 9.42. The summed E-state index contributed by atoms with van der Waals surface area (Å²) in [6.07, 6.45) is 10.4. The Morgan fingerprint density at radius 3 is 1.91 bits per heavy atom. The van der Waals surface area contributed by atoms with Crippen LogP contribution >= 0.6 is 8.60 Å². The molecule has 0 amide bonds. The molecule has 2 aromatic carbocycles. The highest BCUT2D eigenvalue weighted by atomic mass is 31.2. The number of fused-ring (bicyclic) bond motifs is 3. The third-order valence-corrected chi connectivity index (χ3v) is 8.13. The quantitative estimate of drug-likeness (QED) is 0.297. The molecule has 2 aromatic rings. The molecule has 0 aromatic heterocycles. The first-order valence-corrected chi connectivity index (χ1v) is 14.6. The molecule has 3 rings (SSSR count). The molecule has 2 unspecified atom stereocenters. The van der Waals surface area contributed by atoms with Crippen LogP contribution in [0.5, 0.6) is 0 Å². The van der Waals surface area contributed by atoms with Gasteiger partial charge in [0.05, 0.1) is 13.2 Å². The number of rotatable bonds is 11. The lowest BCUT2D eigenvalue weighted by molar-refractivity contribution is 0.169. The van der Waals surface area contributed by atoms with E-state index in [2.05, 4.69) is 58.9 Å². The van der Waals surface area contributed by atoms with E-state index in [1.165, 1.54) is 70.2 Å². The average Bonchev–Trinajstić information content (AvgIpc) is 2.93. The first-order chi connectivity index (χ1) is 16.6. The largest absolute Gasteiger partial charge is 0.333 e. The zero-order valence-electron chi connectivity index (χ0n) is 22.3. The fourth-order valence-electron chi connectivity index (χ4n) is 4.89. The fraction of sp³-hybridized carbons (Fsp3) is 0.600. The van der Waals surface area contributed by atoms with E-state index >= 15 is 0 Å². The summed E-state index contributed by atoms with van der Waals surface area (Å²) in [4.78, 5) is 0. The SMILES string of the molecule is CCCCc1cc(CCC)cc2c1COP(OC)OCc1c(CCCC)cc(C(C)CC)cc1-2. The monoisotopic (exact) mass is 484 g/mol. The van der Waals surface area contributed by atoms with Crippen LogP contribution in [0.3, 0.4) is 0 Å². The highest BCUT2D eigenvalue weighted by molar-refractivity contribution is 7.41. The minimum atomic E-state index is -1.37. The topological polar surface area (TPSA) is 27.7 Å². The predicted molar refractivity (Wildman–Crippen MR) is 145 cm³/mol. The second-order valence-corrected chi connectivity index (χ2v) is 11.0. The number of benzene rings is 2. The standard InChI is InChI=1S/C30H45O3P/c1-7-11-14-24-16-23(13-9-3)17-27-28-19-26(22(5)10-4)18-25(15-12-8-2)30(28)21-33-34(31-6)32-20-29(24)27/h16-19,22H,7-15,20-21H2,1-6H3. The first kappa shape index (κ1) is 27.3. The van der Waals surface area contributed by atoms with Gasteiger partial charge < -0.3 is 13.6 Å². The minimum absolute atomic E-state index is 0.536. The van der Waals surface area contributed by atoms with E-state index in [0.29, 0.717) is 19.1 Å². The van der Waals surface area contributed by atoms with Gasteiger partial charge in [-0.25, -0.2) is 0 Å². The molecule has 34 heavy (non-hydrogen) atoms. The lowest BCUT2D eigenvalue weighted by Gasteiger charge is -2.22. The van der Waals surface area contributed by atoms with Crippen LogP contribution < -0.4 is 0 Å². The number of unbranched alkanes of at least 4 members (excludes halogenated alkanes) is 2. The molecule has 1 aliphatic rings. The van der Waals surface area contributed by atoms with Gasteiger partial charge in [0.15, 0.2) is 0 Å². The molecule has 0 radical (unpaired) electrons. The summed E-state index contributed by atoms with van der Waals surface area (Å²) in [5.41, 5.74) is 11.1. The lowest BCUT2D eigenvalue weighted by Crippen LogP contribution is -2.06. The van der Waals surface area contributed by atoms with Crippen LogP contribution in [-0.4, -0.2) is 7.11 Å². The van der Waals surface area contributed by atoms with Gasteiger partial charge >= 0.3 is 8.60 Å². The van der Waals surface area contributed by atoms with E-state index < -0.39 is 8.60 Å². The minimum Gasteiger partial charge on any atom is -0.316 e. The molecule has 0 fully saturated rings. The van der Waals surface area contributed by atoms with Crippen molar-refractivity contribution in [2.45, 2.75) is 112 Å². The van der Waals surface area contributed by atoms with Crippen molar-refractivity contribution >= 4 is 8.60 Å². The van der Waals surface area contributed by atoms with Crippen LogP contribution in [0.4, 0.5) is 0 Å². The van der Waals surface area contributed by atoms with Crippen LogP contribution in [-0.2, 0) is 46.0 Å². The maximum atomic E-state index is 6.24. The number of hydrogen-bond acceptors (Lipinski definition) is 3. The van der Waals surface area contributed by atoms with Gasteiger partial charge in [0.2, 0.25) is 0 Å². The van der Waals surface area contributed by atoms with Gasteiger partial charge in [-0.2, -0.15) is 0 Å². The Labute approximate surface area is 209 Å². The average molecular weight is 485 g/mol. The summed E-state index contributed by atoms with van der Waals surface area (Å²) < 4.78 is 18.1. The van der Waals surface area contributed by atoms with E-state index in [-0.39, 0.29) is 0 Å². The number of hydrogen-bond donors (Lipinski definition) is 0. The second-order valence-electron chi connectivity index (χ2n) is 9.71. The Hall–Kier alpha value is -1.25. The molecule has 188 valence electrons. The van der Waals surface area contributed by atoms with Crippen LogP contribution in [0.2, 0.25) is 0 Å². The molecule has 0 spiro atoms. The third-order valence-electron chi connectivity index (χ3n) is 7.15. The van der Waals surface area contributed by atoms with Crippen molar-refractivity contribution in [2.24, 2.45) is 0 Å². The van der Waals surface area contributed by atoms with Crippen molar-refractivity contribution in [1.29, 1.82) is 0 Å². The summed E-state index contributed by atoms with van der Waals surface area (Å²) in [6, 6.07) is 9.79. The molecular weight excluding hydrogens is 439 g/mol. The molecule has 4 heteroatoms. The van der Waals surface area contributed by atoms with Crippen molar-refractivity contribution in [2.75, 3.05) is 7.11 Å². The lowest BCUT2D eigenvalue weighted by atomic mass is 9.83. The van der Waals surface area contributed by atoms with Crippen LogP contribution in [0.1, 0.15) is 112 Å². The van der Waals surface area contributed by atoms with Gasteiger partial charge in [0.1, 0.15) is 0 Å². The van der Waals surface area contributed by atoms with Gasteiger partial charge in [-0.3, -0.25) is 0 Å². The van der Waals surface area contributed by atoms with Gasteiger partial charge in [-0.05, 0) is 89.0 Å². The van der Waals surface area contributed by atoms with Gasteiger partial charge in [-0.15, -0.1) is 0 Å². The van der Waals surface area contributed by atoms with E-state index in [4.69, 9.17) is 13.6 Å². The van der Waals surface area contributed by atoms with Crippen molar-refractivity contribution in [3.05, 3.63) is 57.6 Å². The molecule has 0 saturated heterocycles. The van der Waals surface area contributed by atoms with Crippen LogP contribution in [0.25, 0.3) is 11.1 Å². The first-order valence-electron chi connectivity index (χ1n) is 13.5. The van der Waals surface area contributed by atoms with Crippen LogP contribution in [0.15, 0.2) is 24.3 Å². The zero-order valence-corrected chi connectivity index (χ0v) is 23.2. The Morgan fingerprint density at radius 2 is 1.38 bits per heavy atom. The second kappa shape index (κ2) is 13.7.